The van der Waals surface area contributed by atoms with Gasteiger partial charge in [-0.05, 0) is 32.9 Å². The summed E-state index contributed by atoms with van der Waals surface area (Å²) in [4.78, 5) is 20.6. The largest absolute Gasteiger partial charge is 0.492 e. The van der Waals surface area contributed by atoms with Crippen LogP contribution in [0.5, 0.6) is 11.8 Å². The maximum Gasteiger partial charge on any atom is 0.323 e. The molecule has 2 N–H and O–H groups in total. The van der Waals surface area contributed by atoms with Crippen LogP contribution in [-0.2, 0) is 0 Å². The minimum Gasteiger partial charge on any atom is -0.492 e. The van der Waals surface area contributed by atoms with Crippen molar-refractivity contribution in [2.45, 2.75) is 20.8 Å². The van der Waals surface area contributed by atoms with Crippen LogP contribution in [0.3, 0.4) is 0 Å². The molecule has 7 nitrogen and oxygen atoms in total. The van der Waals surface area contributed by atoms with Gasteiger partial charge in [-0.15, -0.1) is 0 Å². The van der Waals surface area contributed by atoms with Gasteiger partial charge in [-0.3, -0.25) is 0 Å². The Labute approximate surface area is 135 Å². The summed E-state index contributed by atoms with van der Waals surface area (Å²) in [5.41, 5.74) is 2.40. The quantitative estimate of drug-likeness (QED) is 0.885. The molecule has 2 aromatic rings. The number of nitrogens with one attached hydrogen (secondary N) is 2. The summed E-state index contributed by atoms with van der Waals surface area (Å²) in [7, 11) is 1.50. The predicted octanol–water partition coefficient (Wildman–Crippen LogP) is 3.14. The molecule has 0 aliphatic carbocycles. The van der Waals surface area contributed by atoms with E-state index < -0.39 is 6.03 Å². The van der Waals surface area contributed by atoms with Gasteiger partial charge in [-0.25, -0.2) is 4.79 Å². The summed E-state index contributed by atoms with van der Waals surface area (Å²) >= 11 is 0. The molecule has 0 saturated carbocycles. The number of aryl methyl sites for hydroxylation is 2. The summed E-state index contributed by atoms with van der Waals surface area (Å²) in [6.45, 7) is 5.96. The number of rotatable bonds is 5. The van der Waals surface area contributed by atoms with Crippen LogP contribution < -0.4 is 20.1 Å². The molecule has 0 aliphatic heterocycles. The second-order valence-corrected chi connectivity index (χ2v) is 4.76. The molecule has 0 unspecified atom stereocenters. The normalized spacial score (nSPS) is 10.1. The molecule has 0 aliphatic rings. The average molecular weight is 316 g/mol. The third kappa shape index (κ3) is 4.09. The second-order valence-electron chi connectivity index (χ2n) is 4.76. The van der Waals surface area contributed by atoms with Gasteiger partial charge >= 0.3 is 12.0 Å². The van der Waals surface area contributed by atoms with E-state index in [9.17, 15) is 4.79 Å². The van der Waals surface area contributed by atoms with Crippen LogP contribution in [-0.4, -0.2) is 29.7 Å². The molecule has 1 aromatic heterocycles. The SMILES string of the molecule is CCOc1ccccc1NC(=O)Nc1c(C)nc(OC)nc1C. The van der Waals surface area contributed by atoms with Crippen molar-refractivity contribution in [3.8, 4) is 11.8 Å². The Balaban J connectivity index is 2.15. The van der Waals surface area contributed by atoms with E-state index in [1.807, 2.05) is 19.1 Å². The average Bonchev–Trinajstić information content (AvgIpc) is 2.53. The summed E-state index contributed by atoms with van der Waals surface area (Å²) in [6, 6.07) is 7.12. The molecular formula is C16H20N4O3. The van der Waals surface area contributed by atoms with Gasteiger partial charge in [0.1, 0.15) is 5.75 Å². The molecule has 1 heterocycles. The summed E-state index contributed by atoms with van der Waals surface area (Å²) in [5, 5.41) is 5.53. The molecule has 0 spiro atoms. The zero-order valence-corrected chi connectivity index (χ0v) is 13.6. The smallest absolute Gasteiger partial charge is 0.323 e. The van der Waals surface area contributed by atoms with Crippen molar-refractivity contribution in [2.75, 3.05) is 24.4 Å². The highest BCUT2D eigenvalue weighted by atomic mass is 16.5. The van der Waals surface area contributed by atoms with Crippen molar-refractivity contribution in [1.29, 1.82) is 0 Å². The van der Waals surface area contributed by atoms with E-state index in [4.69, 9.17) is 9.47 Å². The standard InChI is InChI=1S/C16H20N4O3/c1-5-23-13-9-7-6-8-12(13)19-15(21)20-14-10(2)17-16(22-4)18-11(14)3/h6-9H,5H2,1-4H3,(H2,19,20,21). The van der Waals surface area contributed by atoms with E-state index in [0.29, 0.717) is 35.1 Å². The number of nitrogens with zero attached hydrogens (tertiary/aromatic N) is 2. The third-order valence-corrected chi connectivity index (χ3v) is 3.11. The lowest BCUT2D eigenvalue weighted by atomic mass is 10.3. The first kappa shape index (κ1) is 16.5. The first-order valence-corrected chi connectivity index (χ1v) is 7.24. The minimum absolute atomic E-state index is 0.271. The van der Waals surface area contributed by atoms with Crippen molar-refractivity contribution in [1.82, 2.24) is 9.97 Å². The van der Waals surface area contributed by atoms with Gasteiger partial charge in [0.2, 0.25) is 0 Å². The highest BCUT2D eigenvalue weighted by Crippen LogP contribution is 2.24. The number of hydrogen-bond acceptors (Lipinski definition) is 5. The van der Waals surface area contributed by atoms with E-state index >= 15 is 0 Å². The highest BCUT2D eigenvalue weighted by molar-refractivity contribution is 6.01. The fourth-order valence-electron chi connectivity index (χ4n) is 2.08. The second kappa shape index (κ2) is 7.44. The molecule has 0 fully saturated rings. The molecule has 0 radical (unpaired) electrons. The molecule has 1 aromatic carbocycles. The van der Waals surface area contributed by atoms with Crippen LogP contribution in [0.4, 0.5) is 16.2 Å². The number of carbonyl (C=O) groups is 1. The van der Waals surface area contributed by atoms with Gasteiger partial charge in [-0.2, -0.15) is 9.97 Å². The van der Waals surface area contributed by atoms with Crippen molar-refractivity contribution < 1.29 is 14.3 Å². The van der Waals surface area contributed by atoms with Crippen LogP contribution in [0.15, 0.2) is 24.3 Å². The Bertz CT molecular complexity index is 680. The number of aromatic nitrogens is 2. The van der Waals surface area contributed by atoms with Gasteiger partial charge in [0, 0.05) is 0 Å². The van der Waals surface area contributed by atoms with E-state index in [0.717, 1.165) is 0 Å². The lowest BCUT2D eigenvalue weighted by Gasteiger charge is -2.14. The summed E-state index contributed by atoms with van der Waals surface area (Å²) in [6.07, 6.45) is 0. The molecule has 2 amide bonds. The van der Waals surface area contributed by atoms with Crippen LogP contribution in [0, 0.1) is 13.8 Å². The molecule has 23 heavy (non-hydrogen) atoms. The Hall–Kier alpha value is -2.83. The number of anilines is 2. The van der Waals surface area contributed by atoms with Gasteiger partial charge < -0.3 is 20.1 Å². The molecule has 0 bridgehead atoms. The van der Waals surface area contributed by atoms with Crippen molar-refractivity contribution in [3.63, 3.8) is 0 Å². The fraction of sp³-hybridized carbons (Fsp3) is 0.312. The topological polar surface area (TPSA) is 85.4 Å². The Morgan fingerprint density at radius 1 is 1.13 bits per heavy atom. The van der Waals surface area contributed by atoms with Gasteiger partial charge in [0.15, 0.2) is 0 Å². The highest BCUT2D eigenvalue weighted by Gasteiger charge is 2.13. The molecule has 0 saturated heterocycles. The Morgan fingerprint density at radius 2 is 1.78 bits per heavy atom. The van der Waals surface area contributed by atoms with Crippen molar-refractivity contribution in [3.05, 3.63) is 35.7 Å². The summed E-state index contributed by atoms with van der Waals surface area (Å²) in [5.74, 6) is 0.615. The van der Waals surface area contributed by atoms with Crippen molar-refractivity contribution in [2.24, 2.45) is 0 Å². The van der Waals surface area contributed by atoms with Crippen LogP contribution >= 0.6 is 0 Å². The first-order chi connectivity index (χ1) is 11.0. The van der Waals surface area contributed by atoms with E-state index in [-0.39, 0.29) is 6.01 Å². The number of methoxy groups -OCH3 is 1. The number of amides is 2. The molecular weight excluding hydrogens is 296 g/mol. The molecule has 122 valence electrons. The third-order valence-electron chi connectivity index (χ3n) is 3.11. The number of benzene rings is 1. The minimum atomic E-state index is -0.392. The lowest BCUT2D eigenvalue weighted by molar-refractivity contribution is 0.262. The maximum absolute atomic E-state index is 12.2. The number of ether oxygens (including phenoxy) is 2. The number of urea groups is 1. The Morgan fingerprint density at radius 3 is 2.39 bits per heavy atom. The molecule has 0 atom stereocenters. The van der Waals surface area contributed by atoms with Crippen LogP contribution in [0.25, 0.3) is 0 Å². The van der Waals surface area contributed by atoms with Gasteiger partial charge in [-0.1, -0.05) is 12.1 Å². The zero-order valence-electron chi connectivity index (χ0n) is 13.6. The monoisotopic (exact) mass is 316 g/mol. The maximum atomic E-state index is 12.2. The fourth-order valence-corrected chi connectivity index (χ4v) is 2.08. The number of para-hydroxylation sites is 2. The number of hydrogen-bond donors (Lipinski definition) is 2. The van der Waals surface area contributed by atoms with Crippen LogP contribution in [0.1, 0.15) is 18.3 Å². The van der Waals surface area contributed by atoms with Crippen LogP contribution in [0.2, 0.25) is 0 Å². The number of carbonyl (C=O) groups excluding carboxylic acids is 1. The Kier molecular flexibility index (Phi) is 5.35. The van der Waals surface area contributed by atoms with Crippen molar-refractivity contribution >= 4 is 17.4 Å². The zero-order chi connectivity index (χ0) is 16.8. The predicted molar refractivity (Wildman–Crippen MR) is 88.3 cm³/mol. The van der Waals surface area contributed by atoms with E-state index in [1.54, 1.807) is 26.0 Å². The first-order valence-electron chi connectivity index (χ1n) is 7.24. The van der Waals surface area contributed by atoms with E-state index in [2.05, 4.69) is 20.6 Å². The van der Waals surface area contributed by atoms with E-state index in [1.165, 1.54) is 7.11 Å². The lowest BCUT2D eigenvalue weighted by Crippen LogP contribution is -2.21. The summed E-state index contributed by atoms with van der Waals surface area (Å²) < 4.78 is 10.5. The molecule has 2 rings (SSSR count). The van der Waals surface area contributed by atoms with Gasteiger partial charge in [0.05, 0.1) is 36.5 Å². The van der Waals surface area contributed by atoms with Gasteiger partial charge in [0.25, 0.3) is 0 Å². The molecule has 7 heteroatoms.